The molecule has 0 atom stereocenters. The van der Waals surface area contributed by atoms with Gasteiger partial charge in [0, 0.05) is 12.1 Å². The SMILES string of the molecule is C[N+](C=N)=C(N)C1(c2cccc([N+](=O)[O-])c2)CC2(CC2)C1. The molecule has 1 spiro atoms. The standard InChI is InChI=1S/C15H18N4O2/c1-18(10-16)13(17)15(8-14(9-15)5-6-14)11-3-2-4-12(7-11)19(20)21/h2-4,7,10,16-17H,5-6,8-9H2,1H3/p+1. The predicted molar refractivity (Wildman–Crippen MR) is 79.8 cm³/mol. The van der Waals surface area contributed by atoms with Crippen molar-refractivity contribution in [2.45, 2.75) is 31.1 Å². The van der Waals surface area contributed by atoms with Crippen LogP contribution in [0, 0.1) is 20.9 Å². The summed E-state index contributed by atoms with van der Waals surface area (Å²) in [5.41, 5.74) is 7.30. The third-order valence-corrected chi connectivity index (χ3v) is 4.98. The molecule has 0 radical (unpaired) electrons. The van der Waals surface area contributed by atoms with Gasteiger partial charge in [-0.15, -0.1) is 0 Å². The summed E-state index contributed by atoms with van der Waals surface area (Å²) in [4.78, 5) is 10.6. The molecular formula is C15H19N4O2+. The smallest absolute Gasteiger partial charge is 0.269 e. The van der Waals surface area contributed by atoms with Crippen LogP contribution >= 0.6 is 0 Å². The van der Waals surface area contributed by atoms with Gasteiger partial charge in [-0.3, -0.25) is 10.1 Å². The molecular weight excluding hydrogens is 268 g/mol. The second-order valence-electron chi connectivity index (χ2n) is 6.37. The normalized spacial score (nSPS) is 22.1. The lowest BCUT2D eigenvalue weighted by Gasteiger charge is -2.47. The molecule has 1 aromatic carbocycles. The lowest BCUT2D eigenvalue weighted by Crippen LogP contribution is -2.55. The van der Waals surface area contributed by atoms with E-state index >= 15 is 0 Å². The van der Waals surface area contributed by atoms with Gasteiger partial charge >= 0.3 is 0 Å². The molecule has 3 N–H and O–H groups in total. The van der Waals surface area contributed by atoms with Crippen LogP contribution in [0.1, 0.15) is 31.2 Å². The average molecular weight is 287 g/mol. The van der Waals surface area contributed by atoms with Gasteiger partial charge in [-0.1, -0.05) is 12.1 Å². The van der Waals surface area contributed by atoms with Crippen LogP contribution in [0.3, 0.4) is 0 Å². The Morgan fingerprint density at radius 3 is 2.62 bits per heavy atom. The zero-order valence-corrected chi connectivity index (χ0v) is 12.0. The molecule has 2 aliphatic carbocycles. The molecule has 0 saturated heterocycles. The quantitative estimate of drug-likeness (QED) is 0.291. The molecule has 3 rings (SSSR count). The summed E-state index contributed by atoms with van der Waals surface area (Å²) in [6.45, 7) is 0. The zero-order valence-electron chi connectivity index (χ0n) is 12.0. The molecule has 21 heavy (non-hydrogen) atoms. The topological polar surface area (TPSA) is 96.0 Å². The fraction of sp³-hybridized carbons (Fsp3) is 0.467. The van der Waals surface area contributed by atoms with Crippen LogP contribution < -0.4 is 5.73 Å². The number of non-ortho nitro benzene ring substituents is 1. The van der Waals surface area contributed by atoms with E-state index in [2.05, 4.69) is 0 Å². The Hall–Kier alpha value is -2.24. The molecule has 0 aromatic heterocycles. The minimum atomic E-state index is -0.376. The monoisotopic (exact) mass is 287 g/mol. The van der Waals surface area contributed by atoms with Crippen LogP contribution in [-0.4, -0.2) is 28.7 Å². The number of hydrogen-bond donors (Lipinski definition) is 2. The summed E-state index contributed by atoms with van der Waals surface area (Å²) in [6, 6.07) is 6.75. The van der Waals surface area contributed by atoms with Gasteiger partial charge in [0.15, 0.2) is 0 Å². The van der Waals surface area contributed by atoms with Crippen molar-refractivity contribution in [2.75, 3.05) is 7.05 Å². The van der Waals surface area contributed by atoms with E-state index in [1.54, 1.807) is 23.8 Å². The van der Waals surface area contributed by atoms with Crippen molar-refractivity contribution in [1.29, 1.82) is 5.41 Å². The van der Waals surface area contributed by atoms with Crippen molar-refractivity contribution in [2.24, 2.45) is 11.1 Å². The van der Waals surface area contributed by atoms with Crippen LogP contribution in [-0.2, 0) is 5.41 Å². The fourth-order valence-electron chi connectivity index (χ4n) is 3.62. The van der Waals surface area contributed by atoms with Gasteiger partial charge in [-0.2, -0.15) is 5.41 Å². The first-order chi connectivity index (χ1) is 9.92. The lowest BCUT2D eigenvalue weighted by atomic mass is 9.55. The van der Waals surface area contributed by atoms with E-state index in [0.717, 1.165) is 18.4 Å². The number of nitro groups is 1. The fourth-order valence-corrected chi connectivity index (χ4v) is 3.62. The molecule has 0 amide bonds. The molecule has 110 valence electrons. The van der Waals surface area contributed by atoms with E-state index in [0.29, 0.717) is 11.3 Å². The predicted octanol–water partition coefficient (Wildman–Crippen LogP) is 2.01. The maximum absolute atomic E-state index is 11.0. The van der Waals surface area contributed by atoms with Crippen LogP contribution in [0.25, 0.3) is 0 Å². The first-order valence-corrected chi connectivity index (χ1v) is 7.04. The van der Waals surface area contributed by atoms with Gasteiger partial charge in [-0.25, -0.2) is 4.58 Å². The number of rotatable bonds is 4. The number of amidine groups is 1. The van der Waals surface area contributed by atoms with E-state index in [1.165, 1.54) is 25.2 Å². The van der Waals surface area contributed by atoms with E-state index in [9.17, 15) is 10.1 Å². The Balaban J connectivity index is 2.07. The lowest BCUT2D eigenvalue weighted by molar-refractivity contribution is -0.385. The van der Waals surface area contributed by atoms with Gasteiger partial charge in [0.1, 0.15) is 0 Å². The van der Waals surface area contributed by atoms with Gasteiger partial charge in [-0.05, 0) is 36.7 Å². The van der Waals surface area contributed by atoms with Crippen molar-refractivity contribution in [3.63, 3.8) is 0 Å². The second-order valence-corrected chi connectivity index (χ2v) is 6.37. The highest BCUT2D eigenvalue weighted by atomic mass is 16.6. The van der Waals surface area contributed by atoms with E-state index in [1.807, 2.05) is 6.07 Å². The van der Waals surface area contributed by atoms with E-state index in [-0.39, 0.29) is 16.0 Å². The summed E-state index contributed by atoms with van der Waals surface area (Å²) >= 11 is 0. The highest BCUT2D eigenvalue weighted by molar-refractivity contribution is 5.91. The third kappa shape index (κ3) is 2.02. The van der Waals surface area contributed by atoms with Crippen LogP contribution in [0.15, 0.2) is 24.3 Å². The Morgan fingerprint density at radius 2 is 2.10 bits per heavy atom. The number of hydrogen-bond acceptors (Lipinski definition) is 3. The van der Waals surface area contributed by atoms with Crippen molar-refractivity contribution in [3.8, 4) is 0 Å². The van der Waals surface area contributed by atoms with Crippen molar-refractivity contribution in [3.05, 3.63) is 39.9 Å². The minimum absolute atomic E-state index is 0.0916. The second kappa shape index (κ2) is 4.38. The van der Waals surface area contributed by atoms with E-state index in [4.69, 9.17) is 11.1 Å². The summed E-state index contributed by atoms with van der Waals surface area (Å²) in [5.74, 6) is 0.607. The first-order valence-electron chi connectivity index (χ1n) is 7.04. The summed E-state index contributed by atoms with van der Waals surface area (Å²) in [7, 11) is 1.75. The Morgan fingerprint density at radius 1 is 1.43 bits per heavy atom. The number of nitrogens with zero attached hydrogens (tertiary/aromatic N) is 2. The number of nitro benzene ring substituents is 1. The van der Waals surface area contributed by atoms with Crippen LogP contribution in [0.5, 0.6) is 0 Å². The molecule has 2 aliphatic rings. The maximum Gasteiger partial charge on any atom is 0.269 e. The molecule has 6 nitrogen and oxygen atoms in total. The van der Waals surface area contributed by atoms with Crippen LogP contribution in [0.4, 0.5) is 5.69 Å². The largest absolute Gasteiger partial charge is 0.321 e. The molecule has 0 unspecified atom stereocenters. The molecule has 0 heterocycles. The minimum Gasteiger partial charge on any atom is -0.321 e. The third-order valence-electron chi connectivity index (χ3n) is 4.98. The molecule has 6 heteroatoms. The highest BCUT2D eigenvalue weighted by Crippen LogP contribution is 2.69. The van der Waals surface area contributed by atoms with E-state index < -0.39 is 0 Å². The molecule has 0 bridgehead atoms. The van der Waals surface area contributed by atoms with Crippen molar-refractivity contribution >= 4 is 17.9 Å². The zero-order chi connectivity index (χ0) is 15.3. The van der Waals surface area contributed by atoms with Gasteiger partial charge in [0.05, 0.1) is 17.4 Å². The molecule has 0 aliphatic heterocycles. The summed E-state index contributed by atoms with van der Waals surface area (Å²) < 4.78 is 1.61. The number of nitrogens with two attached hydrogens (primary N) is 1. The number of benzene rings is 1. The van der Waals surface area contributed by atoms with Gasteiger partial charge in [0.2, 0.25) is 12.2 Å². The van der Waals surface area contributed by atoms with Crippen LogP contribution in [0.2, 0.25) is 0 Å². The molecule has 2 saturated carbocycles. The van der Waals surface area contributed by atoms with Crippen molar-refractivity contribution < 1.29 is 9.50 Å². The van der Waals surface area contributed by atoms with Crippen molar-refractivity contribution in [1.82, 2.24) is 0 Å². The van der Waals surface area contributed by atoms with Gasteiger partial charge < -0.3 is 5.73 Å². The first kappa shape index (κ1) is 13.7. The highest BCUT2D eigenvalue weighted by Gasteiger charge is 2.64. The summed E-state index contributed by atoms with van der Waals surface area (Å²) in [6.07, 6.45) is 5.46. The molecule has 2 fully saturated rings. The number of nitrogens with one attached hydrogen (secondary N) is 1. The average Bonchev–Trinajstić information content (AvgIpc) is 3.24. The maximum atomic E-state index is 11.0. The Bertz CT molecular complexity index is 653. The summed E-state index contributed by atoms with van der Waals surface area (Å²) in [5, 5.41) is 18.4. The van der Waals surface area contributed by atoms with Gasteiger partial charge in [0.25, 0.3) is 5.69 Å². The molecule has 1 aromatic rings. The Kier molecular flexibility index (Phi) is 2.86. The Labute approximate surface area is 122 Å².